The molecule has 26 heavy (non-hydrogen) atoms. The summed E-state index contributed by atoms with van der Waals surface area (Å²) in [6.45, 7) is 6.60. The number of fused-ring (bicyclic) bond motifs is 1. The Bertz CT molecular complexity index is 829. The SMILES string of the molecule is Cn1c(CNC(=O)[C@H]2CCCO2)nc2cc(NC(=O)C(C)(C)C)ccc21. The highest BCUT2D eigenvalue weighted by atomic mass is 16.5. The van der Waals surface area contributed by atoms with Crippen LogP contribution in [0.1, 0.15) is 39.4 Å². The maximum Gasteiger partial charge on any atom is 0.249 e. The number of aryl methyl sites for hydroxylation is 1. The molecule has 2 amide bonds. The van der Waals surface area contributed by atoms with Crippen LogP contribution in [0.25, 0.3) is 11.0 Å². The monoisotopic (exact) mass is 358 g/mol. The van der Waals surface area contributed by atoms with Crippen LogP contribution in [0.3, 0.4) is 0 Å². The number of rotatable bonds is 4. The first-order valence-corrected chi connectivity index (χ1v) is 8.92. The van der Waals surface area contributed by atoms with Crippen molar-refractivity contribution in [2.24, 2.45) is 12.5 Å². The van der Waals surface area contributed by atoms with E-state index >= 15 is 0 Å². The Hall–Kier alpha value is -2.41. The van der Waals surface area contributed by atoms with Gasteiger partial charge < -0.3 is 19.9 Å². The molecule has 0 saturated carbocycles. The molecule has 1 aromatic carbocycles. The molecule has 2 heterocycles. The predicted molar refractivity (Wildman–Crippen MR) is 99.6 cm³/mol. The third-order valence-electron chi connectivity index (χ3n) is 4.56. The first-order chi connectivity index (χ1) is 12.3. The van der Waals surface area contributed by atoms with Crippen molar-refractivity contribution >= 4 is 28.5 Å². The second-order valence-corrected chi connectivity index (χ2v) is 7.71. The summed E-state index contributed by atoms with van der Waals surface area (Å²) in [6.07, 6.45) is 1.35. The number of nitrogens with zero attached hydrogens (tertiary/aromatic N) is 2. The Morgan fingerprint density at radius 1 is 1.35 bits per heavy atom. The minimum atomic E-state index is -0.461. The Labute approximate surface area is 153 Å². The van der Waals surface area contributed by atoms with E-state index in [4.69, 9.17) is 4.74 Å². The molecular formula is C19H26N4O3. The van der Waals surface area contributed by atoms with Gasteiger partial charge in [-0.15, -0.1) is 0 Å². The summed E-state index contributed by atoms with van der Waals surface area (Å²) < 4.78 is 7.34. The third-order valence-corrected chi connectivity index (χ3v) is 4.56. The fraction of sp³-hybridized carbons (Fsp3) is 0.526. The summed E-state index contributed by atoms with van der Waals surface area (Å²) >= 11 is 0. The topological polar surface area (TPSA) is 85.2 Å². The molecule has 0 unspecified atom stereocenters. The molecule has 2 aromatic rings. The smallest absolute Gasteiger partial charge is 0.249 e. The molecule has 0 spiro atoms. The number of carbonyl (C=O) groups excluding carboxylic acids is 2. The minimum absolute atomic E-state index is 0.0446. The Kier molecular flexibility index (Phi) is 5.00. The number of amides is 2. The van der Waals surface area contributed by atoms with E-state index in [1.807, 2.05) is 50.6 Å². The number of nitrogens with one attached hydrogen (secondary N) is 2. The summed E-state index contributed by atoms with van der Waals surface area (Å²) in [5.41, 5.74) is 1.97. The summed E-state index contributed by atoms with van der Waals surface area (Å²) in [4.78, 5) is 28.8. The van der Waals surface area contributed by atoms with Gasteiger partial charge in [-0.25, -0.2) is 4.98 Å². The molecule has 1 aliphatic rings. The van der Waals surface area contributed by atoms with Gasteiger partial charge in [-0.05, 0) is 31.0 Å². The van der Waals surface area contributed by atoms with Crippen molar-refractivity contribution < 1.29 is 14.3 Å². The van der Waals surface area contributed by atoms with E-state index in [1.54, 1.807) is 0 Å². The number of ether oxygens (including phenoxy) is 1. The van der Waals surface area contributed by atoms with E-state index in [9.17, 15) is 9.59 Å². The van der Waals surface area contributed by atoms with Gasteiger partial charge in [0.05, 0.1) is 17.6 Å². The van der Waals surface area contributed by atoms with Crippen molar-refractivity contribution in [1.29, 1.82) is 0 Å². The van der Waals surface area contributed by atoms with E-state index in [1.165, 1.54) is 0 Å². The highest BCUT2D eigenvalue weighted by Gasteiger charge is 2.24. The lowest BCUT2D eigenvalue weighted by atomic mass is 9.95. The normalized spacial score (nSPS) is 17.5. The van der Waals surface area contributed by atoms with Gasteiger partial charge in [-0.1, -0.05) is 20.8 Å². The molecular weight excluding hydrogens is 332 g/mol. The number of anilines is 1. The zero-order chi connectivity index (χ0) is 18.9. The zero-order valence-electron chi connectivity index (χ0n) is 15.8. The summed E-state index contributed by atoms with van der Waals surface area (Å²) in [5, 5.41) is 5.81. The number of imidazole rings is 1. The van der Waals surface area contributed by atoms with Crippen LogP contribution < -0.4 is 10.6 Å². The molecule has 0 bridgehead atoms. The van der Waals surface area contributed by atoms with Gasteiger partial charge in [0, 0.05) is 24.8 Å². The zero-order valence-corrected chi connectivity index (χ0v) is 15.8. The first kappa shape index (κ1) is 18.4. The molecule has 0 radical (unpaired) electrons. The lowest BCUT2D eigenvalue weighted by Crippen LogP contribution is -2.34. The van der Waals surface area contributed by atoms with Crippen LogP contribution >= 0.6 is 0 Å². The highest BCUT2D eigenvalue weighted by molar-refractivity contribution is 5.96. The van der Waals surface area contributed by atoms with E-state index < -0.39 is 5.41 Å². The van der Waals surface area contributed by atoms with Gasteiger partial charge in [0.15, 0.2) is 0 Å². The van der Waals surface area contributed by atoms with Crippen LogP contribution in [0.15, 0.2) is 18.2 Å². The van der Waals surface area contributed by atoms with Crippen molar-refractivity contribution in [1.82, 2.24) is 14.9 Å². The maximum atomic E-state index is 12.1. The molecule has 7 nitrogen and oxygen atoms in total. The van der Waals surface area contributed by atoms with Crippen LogP contribution in [0.4, 0.5) is 5.69 Å². The lowest BCUT2D eigenvalue weighted by Gasteiger charge is -2.17. The van der Waals surface area contributed by atoms with Crippen LogP contribution in [0.2, 0.25) is 0 Å². The average Bonchev–Trinajstić information content (AvgIpc) is 3.20. The van der Waals surface area contributed by atoms with Crippen molar-refractivity contribution in [3.05, 3.63) is 24.0 Å². The van der Waals surface area contributed by atoms with Crippen LogP contribution in [-0.2, 0) is 27.9 Å². The van der Waals surface area contributed by atoms with Gasteiger partial charge in [-0.2, -0.15) is 0 Å². The molecule has 7 heteroatoms. The van der Waals surface area contributed by atoms with Crippen molar-refractivity contribution in [3.8, 4) is 0 Å². The quantitative estimate of drug-likeness (QED) is 0.879. The number of carbonyl (C=O) groups is 2. The number of benzene rings is 1. The first-order valence-electron chi connectivity index (χ1n) is 8.92. The predicted octanol–water partition coefficient (Wildman–Crippen LogP) is 2.35. The Morgan fingerprint density at radius 2 is 2.12 bits per heavy atom. The summed E-state index contributed by atoms with van der Waals surface area (Å²) in [5.74, 6) is 0.621. The fourth-order valence-electron chi connectivity index (χ4n) is 2.87. The number of hydrogen-bond acceptors (Lipinski definition) is 4. The van der Waals surface area contributed by atoms with Gasteiger partial charge in [0.2, 0.25) is 11.8 Å². The number of aromatic nitrogens is 2. The summed E-state index contributed by atoms with van der Waals surface area (Å²) in [6, 6.07) is 5.64. The van der Waals surface area contributed by atoms with Crippen molar-refractivity contribution in [2.75, 3.05) is 11.9 Å². The molecule has 1 saturated heterocycles. The van der Waals surface area contributed by atoms with E-state index in [2.05, 4.69) is 15.6 Å². The van der Waals surface area contributed by atoms with Crippen molar-refractivity contribution in [2.45, 2.75) is 46.3 Å². The van der Waals surface area contributed by atoms with Gasteiger partial charge >= 0.3 is 0 Å². The number of hydrogen-bond donors (Lipinski definition) is 2. The van der Waals surface area contributed by atoms with E-state index in [0.717, 1.165) is 29.7 Å². The fourth-order valence-corrected chi connectivity index (χ4v) is 2.87. The second-order valence-electron chi connectivity index (χ2n) is 7.71. The molecule has 2 N–H and O–H groups in total. The Morgan fingerprint density at radius 3 is 2.77 bits per heavy atom. The molecule has 1 aliphatic heterocycles. The standard InChI is InChI=1S/C19H26N4O3/c1-19(2,3)18(25)21-12-7-8-14-13(10-12)22-16(23(14)4)11-20-17(24)15-6-5-9-26-15/h7-8,10,15H,5-6,9,11H2,1-4H3,(H,20,24)(H,21,25)/t15-/m1/s1. The average molecular weight is 358 g/mol. The Balaban J connectivity index is 1.73. The molecule has 140 valence electrons. The largest absolute Gasteiger partial charge is 0.368 e. The lowest BCUT2D eigenvalue weighted by molar-refractivity contribution is -0.130. The second kappa shape index (κ2) is 7.07. The maximum absolute atomic E-state index is 12.1. The van der Waals surface area contributed by atoms with E-state index in [-0.39, 0.29) is 17.9 Å². The van der Waals surface area contributed by atoms with Crippen LogP contribution in [0.5, 0.6) is 0 Å². The van der Waals surface area contributed by atoms with Crippen LogP contribution in [0, 0.1) is 5.41 Å². The minimum Gasteiger partial charge on any atom is -0.368 e. The molecule has 1 aromatic heterocycles. The molecule has 0 aliphatic carbocycles. The van der Waals surface area contributed by atoms with Gasteiger partial charge in [0.25, 0.3) is 0 Å². The highest BCUT2D eigenvalue weighted by Crippen LogP contribution is 2.22. The molecule has 3 rings (SSSR count). The van der Waals surface area contributed by atoms with Crippen molar-refractivity contribution in [3.63, 3.8) is 0 Å². The molecule has 1 fully saturated rings. The van der Waals surface area contributed by atoms with Gasteiger partial charge in [-0.3, -0.25) is 9.59 Å². The van der Waals surface area contributed by atoms with Gasteiger partial charge in [0.1, 0.15) is 11.9 Å². The molecule has 1 atom stereocenters. The third kappa shape index (κ3) is 3.88. The van der Waals surface area contributed by atoms with E-state index in [0.29, 0.717) is 18.8 Å². The van der Waals surface area contributed by atoms with Crippen LogP contribution in [-0.4, -0.2) is 34.1 Å². The summed E-state index contributed by atoms with van der Waals surface area (Å²) in [7, 11) is 1.91.